The monoisotopic (exact) mass is 242 g/mol. The van der Waals surface area contributed by atoms with Crippen molar-refractivity contribution in [3.63, 3.8) is 0 Å². The van der Waals surface area contributed by atoms with Gasteiger partial charge in [0.1, 0.15) is 0 Å². The fourth-order valence-corrected chi connectivity index (χ4v) is 1.87. The van der Waals surface area contributed by atoms with Gasteiger partial charge in [0.15, 0.2) is 0 Å². The van der Waals surface area contributed by atoms with Crippen LogP contribution in [-0.4, -0.2) is 31.8 Å². The number of ether oxygens (including phenoxy) is 1. The van der Waals surface area contributed by atoms with Crippen molar-refractivity contribution < 1.29 is 4.74 Å². The van der Waals surface area contributed by atoms with Gasteiger partial charge >= 0.3 is 0 Å². The minimum atomic E-state index is 0.202. The van der Waals surface area contributed by atoms with E-state index in [2.05, 4.69) is 22.7 Å². The molecule has 0 bridgehead atoms. The smallest absolute Gasteiger partial charge is 0.206 e. The van der Waals surface area contributed by atoms with Crippen molar-refractivity contribution in [2.75, 3.05) is 13.7 Å². The lowest BCUT2D eigenvalue weighted by molar-refractivity contribution is 0.179. The van der Waals surface area contributed by atoms with E-state index in [9.17, 15) is 0 Å². The molecule has 0 aliphatic heterocycles. The van der Waals surface area contributed by atoms with E-state index < -0.39 is 0 Å². The molecule has 0 heterocycles. The summed E-state index contributed by atoms with van der Waals surface area (Å²) in [4.78, 5) is 4.63. The lowest BCUT2D eigenvalue weighted by Gasteiger charge is -2.18. The molecule has 17 heavy (non-hydrogen) atoms. The van der Waals surface area contributed by atoms with Crippen LogP contribution in [0.5, 0.6) is 0 Å². The molecule has 0 aromatic carbocycles. The molecule has 4 N–H and O–H groups in total. The Morgan fingerprint density at radius 3 is 2.71 bits per heavy atom. The molecule has 1 rings (SSSR count). The number of hydrogen-bond donors (Lipinski definition) is 3. The summed E-state index contributed by atoms with van der Waals surface area (Å²) in [6, 6.07) is 0.573. The Morgan fingerprint density at radius 1 is 1.53 bits per heavy atom. The second kappa shape index (κ2) is 7.50. The summed E-state index contributed by atoms with van der Waals surface area (Å²) in [6.07, 6.45) is 4.97. The molecule has 5 nitrogen and oxygen atoms in total. The van der Waals surface area contributed by atoms with Crippen LogP contribution in [0.4, 0.5) is 0 Å². The predicted octanol–water partition coefficient (Wildman–Crippen LogP) is 1.01. The number of aliphatic imine (C=N–C) groups is 1. The van der Waals surface area contributed by atoms with Gasteiger partial charge in [-0.2, -0.15) is 0 Å². The molecule has 100 valence electrons. The van der Waals surface area contributed by atoms with E-state index in [-0.39, 0.29) is 6.04 Å². The summed E-state index contributed by atoms with van der Waals surface area (Å²) in [6.45, 7) is 4.85. The first-order valence-corrected chi connectivity index (χ1v) is 6.49. The zero-order valence-corrected chi connectivity index (χ0v) is 11.2. The van der Waals surface area contributed by atoms with Crippen LogP contribution in [0.2, 0.25) is 0 Å². The molecule has 5 heteroatoms. The molecule has 0 saturated heterocycles. The topological polar surface area (TPSA) is 71.7 Å². The molecule has 1 aliphatic carbocycles. The van der Waals surface area contributed by atoms with E-state index in [4.69, 9.17) is 10.6 Å². The molecule has 1 fully saturated rings. The summed E-state index contributed by atoms with van der Waals surface area (Å²) >= 11 is 0. The van der Waals surface area contributed by atoms with Crippen molar-refractivity contribution in [3.8, 4) is 0 Å². The van der Waals surface area contributed by atoms with Crippen molar-refractivity contribution in [3.05, 3.63) is 0 Å². The molecule has 0 aromatic rings. The highest BCUT2D eigenvalue weighted by Gasteiger charge is 2.24. The molecule has 0 aromatic heterocycles. The van der Waals surface area contributed by atoms with Crippen molar-refractivity contribution in [2.24, 2.45) is 16.8 Å². The van der Waals surface area contributed by atoms with Gasteiger partial charge in [0.2, 0.25) is 5.96 Å². The Balaban J connectivity index is 2.43. The van der Waals surface area contributed by atoms with Gasteiger partial charge in [-0.05, 0) is 25.7 Å². The SMILES string of the molecule is CCC(CC1CC1)N=C(NN)NC(C)COC. The van der Waals surface area contributed by atoms with Crippen LogP contribution in [0, 0.1) is 5.92 Å². The fraction of sp³-hybridized carbons (Fsp3) is 0.917. The van der Waals surface area contributed by atoms with Crippen LogP contribution in [0.25, 0.3) is 0 Å². The fourth-order valence-electron chi connectivity index (χ4n) is 1.87. The Kier molecular flexibility index (Phi) is 6.29. The first kappa shape index (κ1) is 14.3. The van der Waals surface area contributed by atoms with Gasteiger partial charge in [0.05, 0.1) is 12.6 Å². The van der Waals surface area contributed by atoms with Gasteiger partial charge in [0.25, 0.3) is 0 Å². The zero-order chi connectivity index (χ0) is 12.7. The van der Waals surface area contributed by atoms with Crippen LogP contribution >= 0.6 is 0 Å². The van der Waals surface area contributed by atoms with Gasteiger partial charge < -0.3 is 10.1 Å². The number of hydrogen-bond acceptors (Lipinski definition) is 3. The molecule has 1 aliphatic rings. The molecule has 2 unspecified atom stereocenters. The maximum Gasteiger partial charge on any atom is 0.206 e. The molecule has 0 spiro atoms. The number of rotatable bonds is 7. The van der Waals surface area contributed by atoms with Gasteiger partial charge in [-0.15, -0.1) is 0 Å². The number of nitrogens with two attached hydrogens (primary N) is 1. The third-order valence-corrected chi connectivity index (χ3v) is 3.02. The van der Waals surface area contributed by atoms with Crippen LogP contribution in [0.15, 0.2) is 4.99 Å². The van der Waals surface area contributed by atoms with Crippen LogP contribution in [0.3, 0.4) is 0 Å². The first-order valence-electron chi connectivity index (χ1n) is 6.49. The van der Waals surface area contributed by atoms with Crippen LogP contribution in [-0.2, 0) is 4.74 Å². The molecule has 0 radical (unpaired) electrons. The summed E-state index contributed by atoms with van der Waals surface area (Å²) in [5.41, 5.74) is 2.63. The zero-order valence-electron chi connectivity index (χ0n) is 11.2. The van der Waals surface area contributed by atoms with E-state index >= 15 is 0 Å². The minimum Gasteiger partial charge on any atom is -0.383 e. The van der Waals surface area contributed by atoms with Crippen LogP contribution in [0.1, 0.15) is 39.5 Å². The third-order valence-electron chi connectivity index (χ3n) is 3.02. The van der Waals surface area contributed by atoms with E-state index in [0.29, 0.717) is 18.6 Å². The van der Waals surface area contributed by atoms with Crippen molar-refractivity contribution in [2.45, 2.75) is 51.6 Å². The number of guanidine groups is 1. The number of nitrogens with zero attached hydrogens (tertiary/aromatic N) is 1. The van der Waals surface area contributed by atoms with E-state index in [1.54, 1.807) is 7.11 Å². The van der Waals surface area contributed by atoms with Crippen LogP contribution < -0.4 is 16.6 Å². The first-order chi connectivity index (χ1) is 8.19. The second-order valence-electron chi connectivity index (χ2n) is 4.86. The highest BCUT2D eigenvalue weighted by atomic mass is 16.5. The molecular formula is C12H26N4O. The van der Waals surface area contributed by atoms with Gasteiger partial charge in [-0.1, -0.05) is 19.8 Å². The van der Waals surface area contributed by atoms with E-state index in [0.717, 1.165) is 12.3 Å². The van der Waals surface area contributed by atoms with Crippen molar-refractivity contribution in [1.29, 1.82) is 0 Å². The highest BCUT2D eigenvalue weighted by Crippen LogP contribution is 2.34. The van der Waals surface area contributed by atoms with E-state index in [1.165, 1.54) is 19.3 Å². The lowest BCUT2D eigenvalue weighted by atomic mass is 10.1. The van der Waals surface area contributed by atoms with Gasteiger partial charge in [-0.25, -0.2) is 10.8 Å². The van der Waals surface area contributed by atoms with Gasteiger partial charge in [0, 0.05) is 13.2 Å². The average molecular weight is 242 g/mol. The summed E-state index contributed by atoms with van der Waals surface area (Å²) in [5.74, 6) is 7.04. The number of nitrogens with one attached hydrogen (secondary N) is 2. The largest absolute Gasteiger partial charge is 0.383 e. The minimum absolute atomic E-state index is 0.202. The summed E-state index contributed by atoms with van der Waals surface area (Å²) in [5, 5.41) is 3.21. The van der Waals surface area contributed by atoms with E-state index in [1.807, 2.05) is 6.92 Å². The maximum absolute atomic E-state index is 5.48. The Bertz CT molecular complexity index is 241. The number of hydrazine groups is 1. The standard InChI is InChI=1S/C12H26N4O/c1-4-11(7-10-5-6-10)15-12(16-13)14-9(2)8-17-3/h9-11H,4-8,13H2,1-3H3,(H2,14,15,16). The molecule has 1 saturated carbocycles. The third kappa shape index (κ3) is 5.89. The number of methoxy groups -OCH3 is 1. The average Bonchev–Trinajstić information content (AvgIpc) is 3.11. The Morgan fingerprint density at radius 2 is 2.24 bits per heavy atom. The molecular weight excluding hydrogens is 216 g/mol. The van der Waals surface area contributed by atoms with Crippen molar-refractivity contribution >= 4 is 5.96 Å². The highest BCUT2D eigenvalue weighted by molar-refractivity contribution is 5.79. The lowest BCUT2D eigenvalue weighted by Crippen LogP contribution is -2.47. The Hall–Kier alpha value is -0.810. The predicted molar refractivity (Wildman–Crippen MR) is 70.7 cm³/mol. The second-order valence-corrected chi connectivity index (χ2v) is 4.86. The summed E-state index contributed by atoms with van der Waals surface area (Å²) < 4.78 is 5.07. The van der Waals surface area contributed by atoms with Gasteiger partial charge in [-0.3, -0.25) is 5.43 Å². The van der Waals surface area contributed by atoms with Crippen molar-refractivity contribution in [1.82, 2.24) is 10.7 Å². The molecule has 0 amide bonds. The summed E-state index contributed by atoms with van der Waals surface area (Å²) in [7, 11) is 1.69. The normalized spacial score (nSPS) is 19.9. The quantitative estimate of drug-likeness (QED) is 0.270. The Labute approximate surface area is 104 Å². The maximum atomic E-state index is 5.48. The molecule has 2 atom stereocenters.